The van der Waals surface area contributed by atoms with Gasteiger partial charge in [0.1, 0.15) is 0 Å². The second-order valence-corrected chi connectivity index (χ2v) is 8.76. The molecule has 3 aromatic rings. The molecular weight excluding hydrogens is 398 g/mol. The van der Waals surface area contributed by atoms with E-state index in [9.17, 15) is 9.90 Å². The van der Waals surface area contributed by atoms with E-state index in [4.69, 9.17) is 0 Å². The van der Waals surface area contributed by atoms with Crippen LogP contribution in [0.1, 0.15) is 34.7 Å². The minimum atomic E-state index is 0.0693. The van der Waals surface area contributed by atoms with Crippen LogP contribution in [0.25, 0.3) is 11.1 Å². The number of aliphatic hydroxyl groups is 1. The fraction of sp³-hybridized carbons (Fsp3) is 0.333. The fourth-order valence-corrected chi connectivity index (χ4v) is 5.33. The molecule has 0 aliphatic carbocycles. The summed E-state index contributed by atoms with van der Waals surface area (Å²) in [5, 5.41) is 10.2. The second kappa shape index (κ2) is 9.23. The molecule has 0 saturated carbocycles. The molecule has 2 saturated heterocycles. The third-order valence-electron chi connectivity index (χ3n) is 6.99. The van der Waals surface area contributed by atoms with Gasteiger partial charge in [0, 0.05) is 49.0 Å². The maximum atomic E-state index is 13.2. The average Bonchev–Trinajstić information content (AvgIpc) is 2.84. The number of pyridine rings is 1. The van der Waals surface area contributed by atoms with Crippen molar-refractivity contribution in [2.75, 3.05) is 26.2 Å². The number of benzene rings is 2. The first-order valence-electron chi connectivity index (χ1n) is 11.5. The molecule has 0 radical (unpaired) electrons. The number of amides is 1. The lowest BCUT2D eigenvalue weighted by atomic mass is 9.74. The molecular formula is C27H29N3O2. The lowest BCUT2D eigenvalue weighted by molar-refractivity contribution is -0.0606. The van der Waals surface area contributed by atoms with E-state index in [-0.39, 0.29) is 30.5 Å². The van der Waals surface area contributed by atoms with Crippen molar-refractivity contribution in [2.24, 2.45) is 0 Å². The highest BCUT2D eigenvalue weighted by molar-refractivity contribution is 5.94. The van der Waals surface area contributed by atoms with Crippen LogP contribution in [0.5, 0.6) is 0 Å². The fourth-order valence-electron chi connectivity index (χ4n) is 5.33. The van der Waals surface area contributed by atoms with Gasteiger partial charge in [0.15, 0.2) is 0 Å². The second-order valence-electron chi connectivity index (χ2n) is 8.76. The predicted molar refractivity (Wildman–Crippen MR) is 125 cm³/mol. The third kappa shape index (κ3) is 3.94. The molecule has 5 rings (SSSR count). The molecule has 1 aromatic heterocycles. The lowest BCUT2D eigenvalue weighted by Crippen LogP contribution is -2.67. The van der Waals surface area contributed by atoms with Crippen LogP contribution >= 0.6 is 0 Å². The van der Waals surface area contributed by atoms with E-state index in [1.165, 1.54) is 16.7 Å². The zero-order valence-corrected chi connectivity index (χ0v) is 18.2. The van der Waals surface area contributed by atoms with Crippen molar-refractivity contribution >= 4 is 5.91 Å². The summed E-state index contributed by atoms with van der Waals surface area (Å²) < 4.78 is 0. The Morgan fingerprint density at radius 1 is 0.906 bits per heavy atom. The van der Waals surface area contributed by atoms with E-state index in [2.05, 4.69) is 58.4 Å². The smallest absolute Gasteiger partial charge is 0.254 e. The summed E-state index contributed by atoms with van der Waals surface area (Å²) >= 11 is 0. The molecule has 3 atom stereocenters. The van der Waals surface area contributed by atoms with Crippen molar-refractivity contribution in [1.82, 2.24) is 14.8 Å². The Bertz CT molecular complexity index is 1040. The van der Waals surface area contributed by atoms with Crippen molar-refractivity contribution < 1.29 is 9.90 Å². The van der Waals surface area contributed by atoms with E-state index in [0.717, 1.165) is 25.9 Å². The van der Waals surface area contributed by atoms with E-state index < -0.39 is 0 Å². The van der Waals surface area contributed by atoms with Gasteiger partial charge in [0.05, 0.1) is 6.61 Å². The highest BCUT2D eigenvalue weighted by Gasteiger charge is 2.49. The third-order valence-corrected chi connectivity index (χ3v) is 6.99. The standard InChI is InChI=1S/C27H29N3O2/c31-19-25-26(22-10-8-21(9-11-22)20-6-2-1-3-7-20)24-18-29(16-4-5-17-30(24)25)27(32)23-12-14-28-15-13-23/h1-3,6-15,24-26,31H,4-5,16-19H2/t24-,25-,26-/m1/s1. The first-order valence-corrected chi connectivity index (χ1v) is 11.5. The van der Waals surface area contributed by atoms with Crippen molar-refractivity contribution in [3.8, 4) is 11.1 Å². The van der Waals surface area contributed by atoms with Crippen LogP contribution < -0.4 is 0 Å². The summed E-state index contributed by atoms with van der Waals surface area (Å²) in [4.78, 5) is 21.6. The van der Waals surface area contributed by atoms with Gasteiger partial charge in [0.25, 0.3) is 5.91 Å². The van der Waals surface area contributed by atoms with Gasteiger partial charge in [-0.25, -0.2) is 0 Å². The molecule has 0 bridgehead atoms. The van der Waals surface area contributed by atoms with Gasteiger partial charge in [-0.3, -0.25) is 14.7 Å². The minimum absolute atomic E-state index is 0.0693. The van der Waals surface area contributed by atoms with Gasteiger partial charge >= 0.3 is 0 Å². The van der Waals surface area contributed by atoms with Crippen LogP contribution in [0.4, 0.5) is 0 Å². The Balaban J connectivity index is 1.39. The molecule has 2 aliphatic heterocycles. The molecule has 1 amide bonds. The lowest BCUT2D eigenvalue weighted by Gasteiger charge is -2.57. The van der Waals surface area contributed by atoms with Crippen molar-refractivity contribution in [2.45, 2.75) is 30.8 Å². The number of nitrogens with zero attached hydrogens (tertiary/aromatic N) is 3. The number of carbonyl (C=O) groups is 1. The summed E-state index contributed by atoms with van der Waals surface area (Å²) in [5.41, 5.74) is 4.32. The molecule has 0 unspecified atom stereocenters. The van der Waals surface area contributed by atoms with Gasteiger partial charge in [-0.1, -0.05) is 54.6 Å². The largest absolute Gasteiger partial charge is 0.395 e. The number of rotatable bonds is 4. The van der Waals surface area contributed by atoms with Gasteiger partial charge in [-0.2, -0.15) is 0 Å². The Labute approximate surface area is 189 Å². The predicted octanol–water partition coefficient (Wildman–Crippen LogP) is 3.81. The van der Waals surface area contributed by atoms with Crippen LogP contribution in [0.2, 0.25) is 0 Å². The summed E-state index contributed by atoms with van der Waals surface area (Å²) in [6.07, 6.45) is 5.36. The molecule has 32 heavy (non-hydrogen) atoms. The van der Waals surface area contributed by atoms with E-state index in [0.29, 0.717) is 12.1 Å². The zero-order valence-electron chi connectivity index (χ0n) is 18.2. The van der Waals surface area contributed by atoms with Gasteiger partial charge in [0.2, 0.25) is 0 Å². The molecule has 164 valence electrons. The van der Waals surface area contributed by atoms with Gasteiger partial charge < -0.3 is 10.0 Å². The highest BCUT2D eigenvalue weighted by atomic mass is 16.3. The normalized spacial score (nSPS) is 23.5. The maximum absolute atomic E-state index is 13.2. The maximum Gasteiger partial charge on any atom is 0.254 e. The van der Waals surface area contributed by atoms with E-state index in [1.807, 2.05) is 11.0 Å². The molecule has 2 aromatic carbocycles. The van der Waals surface area contributed by atoms with Crippen molar-refractivity contribution in [1.29, 1.82) is 0 Å². The molecule has 2 fully saturated rings. The average molecular weight is 428 g/mol. The number of aliphatic hydroxyl groups excluding tert-OH is 1. The SMILES string of the molecule is O=C(c1ccncc1)N1CCCCN2[C@H](CO)[C@H](c3ccc(-c4ccccc4)cc3)[C@H]2C1. The van der Waals surface area contributed by atoms with E-state index >= 15 is 0 Å². The molecule has 5 heteroatoms. The van der Waals surface area contributed by atoms with Crippen LogP contribution in [0.3, 0.4) is 0 Å². The number of hydrogen-bond donors (Lipinski definition) is 1. The zero-order chi connectivity index (χ0) is 21.9. The summed E-state index contributed by atoms with van der Waals surface area (Å²) in [7, 11) is 0. The first kappa shape index (κ1) is 20.9. The quantitative estimate of drug-likeness (QED) is 0.688. The topological polar surface area (TPSA) is 56.7 Å². The molecule has 2 aliphatic rings. The monoisotopic (exact) mass is 427 g/mol. The van der Waals surface area contributed by atoms with Crippen molar-refractivity contribution in [3.05, 3.63) is 90.3 Å². The Morgan fingerprint density at radius 3 is 2.31 bits per heavy atom. The van der Waals surface area contributed by atoms with Gasteiger partial charge in [-0.15, -0.1) is 0 Å². The summed E-state index contributed by atoms with van der Waals surface area (Å²) in [6, 6.07) is 23.0. The number of aromatic nitrogens is 1. The van der Waals surface area contributed by atoms with Crippen LogP contribution in [0, 0.1) is 0 Å². The highest BCUT2D eigenvalue weighted by Crippen LogP contribution is 2.42. The molecule has 3 heterocycles. The molecule has 0 spiro atoms. The summed E-state index contributed by atoms with van der Waals surface area (Å²) in [6.45, 7) is 2.57. The molecule has 5 nitrogen and oxygen atoms in total. The Morgan fingerprint density at radius 2 is 1.59 bits per heavy atom. The Hall–Kier alpha value is -3.02. The van der Waals surface area contributed by atoms with Gasteiger partial charge in [-0.05, 0) is 48.2 Å². The van der Waals surface area contributed by atoms with Crippen LogP contribution in [0.15, 0.2) is 79.1 Å². The first-order chi connectivity index (χ1) is 15.8. The Kier molecular flexibility index (Phi) is 6.02. The number of carbonyl (C=O) groups excluding carboxylic acids is 1. The van der Waals surface area contributed by atoms with Crippen LogP contribution in [-0.2, 0) is 0 Å². The number of hydrogen-bond acceptors (Lipinski definition) is 4. The molecule has 1 N–H and O–H groups in total. The summed E-state index contributed by atoms with van der Waals surface area (Å²) in [5.74, 6) is 0.288. The van der Waals surface area contributed by atoms with E-state index in [1.54, 1.807) is 24.5 Å². The number of fused-ring (bicyclic) bond motifs is 1. The minimum Gasteiger partial charge on any atom is -0.395 e. The van der Waals surface area contributed by atoms with Crippen molar-refractivity contribution in [3.63, 3.8) is 0 Å². The van der Waals surface area contributed by atoms with Crippen LogP contribution in [-0.4, -0.2) is 64.1 Å².